The van der Waals surface area contributed by atoms with Crippen molar-refractivity contribution in [2.24, 2.45) is 0 Å². The first-order valence-electron chi connectivity index (χ1n) is 10.6. The summed E-state index contributed by atoms with van der Waals surface area (Å²) in [5.41, 5.74) is 5.50. The second-order valence-corrected chi connectivity index (χ2v) is 7.84. The maximum absolute atomic E-state index is 12.8. The number of rotatable bonds is 6. The fourth-order valence-corrected chi connectivity index (χ4v) is 3.98. The highest BCUT2D eigenvalue weighted by Crippen LogP contribution is 2.19. The van der Waals surface area contributed by atoms with Crippen molar-refractivity contribution in [3.63, 3.8) is 0 Å². The third kappa shape index (κ3) is 4.46. The van der Waals surface area contributed by atoms with E-state index >= 15 is 0 Å². The molecule has 3 aromatic rings. The lowest BCUT2D eigenvalue weighted by Crippen LogP contribution is -2.50. The van der Waals surface area contributed by atoms with Gasteiger partial charge >= 0.3 is 0 Å². The summed E-state index contributed by atoms with van der Waals surface area (Å²) in [5, 5.41) is 10.0. The Labute approximate surface area is 180 Å². The third-order valence-electron chi connectivity index (χ3n) is 5.81. The van der Waals surface area contributed by atoms with E-state index in [4.69, 9.17) is 4.74 Å². The van der Waals surface area contributed by atoms with Crippen molar-refractivity contribution in [3.05, 3.63) is 41.5 Å². The van der Waals surface area contributed by atoms with E-state index in [1.807, 2.05) is 36.6 Å². The van der Waals surface area contributed by atoms with Gasteiger partial charge < -0.3 is 19.5 Å². The van der Waals surface area contributed by atoms with Crippen LogP contribution in [-0.4, -0.2) is 62.3 Å². The van der Waals surface area contributed by atoms with Gasteiger partial charge in [0.2, 0.25) is 5.91 Å². The molecule has 0 bridgehead atoms. The molecule has 31 heavy (non-hydrogen) atoms. The number of morpholine rings is 1. The number of nitrogens with zero attached hydrogens (tertiary/aromatic N) is 4. The van der Waals surface area contributed by atoms with Crippen LogP contribution in [-0.2, 0) is 27.3 Å². The van der Waals surface area contributed by atoms with Crippen molar-refractivity contribution in [1.82, 2.24) is 24.6 Å². The summed E-state index contributed by atoms with van der Waals surface area (Å²) < 4.78 is 7.69. The first-order valence-corrected chi connectivity index (χ1v) is 10.6. The molecule has 2 amide bonds. The molecule has 0 radical (unpaired) electrons. The van der Waals surface area contributed by atoms with Crippen LogP contribution in [0.2, 0.25) is 0 Å². The fourth-order valence-electron chi connectivity index (χ4n) is 3.98. The summed E-state index contributed by atoms with van der Waals surface area (Å²) in [5.74, 6) is -0.235. The normalized spacial score (nSPS) is 16.6. The molecule has 0 spiro atoms. The Balaban J connectivity index is 1.35. The zero-order chi connectivity index (χ0) is 22.0. The van der Waals surface area contributed by atoms with E-state index in [1.54, 1.807) is 11.2 Å². The van der Waals surface area contributed by atoms with Crippen molar-refractivity contribution >= 4 is 28.5 Å². The van der Waals surface area contributed by atoms with Crippen LogP contribution >= 0.6 is 0 Å². The molecule has 9 heteroatoms. The number of fused-ring (bicyclic) bond motifs is 1. The van der Waals surface area contributed by atoms with E-state index in [-0.39, 0.29) is 18.4 Å². The van der Waals surface area contributed by atoms with Gasteiger partial charge in [-0.05, 0) is 51.0 Å². The largest absolute Gasteiger partial charge is 0.365 e. The number of aromatic nitrogens is 4. The lowest BCUT2D eigenvalue weighted by Gasteiger charge is -2.32. The van der Waals surface area contributed by atoms with E-state index in [9.17, 15) is 9.59 Å². The van der Waals surface area contributed by atoms with Crippen molar-refractivity contribution in [2.75, 3.05) is 25.0 Å². The Morgan fingerprint density at radius 1 is 1.32 bits per heavy atom. The monoisotopic (exact) mass is 424 g/mol. The lowest BCUT2D eigenvalue weighted by molar-refractivity contribution is -0.144. The highest BCUT2D eigenvalue weighted by Gasteiger charge is 2.29. The summed E-state index contributed by atoms with van der Waals surface area (Å²) in [4.78, 5) is 31.6. The number of H-pyrrole nitrogens is 1. The molecule has 0 saturated carbocycles. The highest BCUT2D eigenvalue weighted by atomic mass is 16.5. The van der Waals surface area contributed by atoms with Gasteiger partial charge in [0.1, 0.15) is 0 Å². The molecule has 1 atom stereocenters. The van der Waals surface area contributed by atoms with E-state index in [2.05, 4.69) is 27.4 Å². The number of imidazole rings is 1. The van der Waals surface area contributed by atoms with E-state index in [0.717, 1.165) is 34.5 Å². The number of nitrogens with one attached hydrogen (secondary N) is 2. The molecule has 1 aromatic carbocycles. The quantitative estimate of drug-likeness (QED) is 0.631. The number of aromatic amines is 1. The van der Waals surface area contributed by atoms with E-state index < -0.39 is 6.10 Å². The van der Waals surface area contributed by atoms with Gasteiger partial charge in [0.25, 0.3) is 5.91 Å². The predicted octanol–water partition coefficient (Wildman–Crippen LogP) is 2.19. The molecule has 4 rings (SSSR count). The van der Waals surface area contributed by atoms with Crippen LogP contribution in [0.4, 0.5) is 5.69 Å². The van der Waals surface area contributed by atoms with E-state index in [1.165, 1.54) is 0 Å². The van der Waals surface area contributed by atoms with E-state index in [0.29, 0.717) is 31.7 Å². The first-order chi connectivity index (χ1) is 15.0. The Bertz CT molecular complexity index is 1080. The van der Waals surface area contributed by atoms with Crippen LogP contribution in [0.15, 0.2) is 24.5 Å². The number of carbonyl (C=O) groups excluding carboxylic acids is 2. The van der Waals surface area contributed by atoms with Gasteiger partial charge in [0, 0.05) is 30.9 Å². The SMILES string of the molecule is CCn1cnc2cc(NC(=O)C3CN(C(=O)CCc4c(C)n[nH]c4C)CCO3)ccc21. The Hall–Kier alpha value is -3.20. The summed E-state index contributed by atoms with van der Waals surface area (Å²) in [6.07, 6.45) is 2.10. The lowest BCUT2D eigenvalue weighted by atomic mass is 10.1. The fraction of sp³-hybridized carbons (Fsp3) is 0.455. The van der Waals surface area contributed by atoms with Gasteiger partial charge in [-0.25, -0.2) is 4.98 Å². The van der Waals surface area contributed by atoms with Crippen LogP contribution in [0.3, 0.4) is 0 Å². The molecule has 1 unspecified atom stereocenters. The number of hydrogen-bond acceptors (Lipinski definition) is 5. The number of hydrogen-bond donors (Lipinski definition) is 2. The number of aryl methyl sites for hydroxylation is 3. The van der Waals surface area contributed by atoms with Crippen molar-refractivity contribution < 1.29 is 14.3 Å². The molecule has 1 aliphatic heterocycles. The Morgan fingerprint density at radius 2 is 2.16 bits per heavy atom. The second-order valence-electron chi connectivity index (χ2n) is 7.84. The number of amides is 2. The zero-order valence-corrected chi connectivity index (χ0v) is 18.1. The van der Waals surface area contributed by atoms with Gasteiger partial charge in [-0.1, -0.05) is 0 Å². The number of ether oxygens (including phenoxy) is 1. The Morgan fingerprint density at radius 3 is 2.90 bits per heavy atom. The molecular weight excluding hydrogens is 396 g/mol. The van der Waals surface area contributed by atoms with Gasteiger partial charge in [-0.15, -0.1) is 0 Å². The highest BCUT2D eigenvalue weighted by molar-refractivity contribution is 5.96. The molecule has 1 fully saturated rings. The molecule has 3 heterocycles. The van der Waals surface area contributed by atoms with Gasteiger partial charge in [-0.2, -0.15) is 5.10 Å². The van der Waals surface area contributed by atoms with Crippen LogP contribution in [0.5, 0.6) is 0 Å². The minimum Gasteiger partial charge on any atom is -0.365 e. The first kappa shape index (κ1) is 21.0. The van der Waals surface area contributed by atoms with Gasteiger partial charge in [0.15, 0.2) is 6.10 Å². The maximum Gasteiger partial charge on any atom is 0.255 e. The van der Waals surface area contributed by atoms with Crippen molar-refractivity contribution in [2.45, 2.75) is 46.3 Å². The number of benzene rings is 1. The summed E-state index contributed by atoms with van der Waals surface area (Å²) in [6.45, 7) is 7.87. The molecule has 1 aliphatic rings. The number of anilines is 1. The third-order valence-corrected chi connectivity index (χ3v) is 5.81. The summed E-state index contributed by atoms with van der Waals surface area (Å²) in [7, 11) is 0. The summed E-state index contributed by atoms with van der Waals surface area (Å²) >= 11 is 0. The molecular formula is C22H28N6O3. The van der Waals surface area contributed by atoms with Crippen LogP contribution < -0.4 is 5.32 Å². The average Bonchev–Trinajstić information content (AvgIpc) is 3.34. The smallest absolute Gasteiger partial charge is 0.255 e. The number of carbonyl (C=O) groups is 2. The average molecular weight is 425 g/mol. The molecule has 9 nitrogen and oxygen atoms in total. The van der Waals surface area contributed by atoms with Crippen LogP contribution in [0, 0.1) is 13.8 Å². The topological polar surface area (TPSA) is 105 Å². The molecule has 2 N–H and O–H groups in total. The van der Waals surface area contributed by atoms with Crippen LogP contribution in [0.25, 0.3) is 11.0 Å². The van der Waals surface area contributed by atoms with Gasteiger partial charge in [-0.3, -0.25) is 14.7 Å². The molecule has 164 valence electrons. The molecule has 0 aliphatic carbocycles. The summed E-state index contributed by atoms with van der Waals surface area (Å²) in [6, 6.07) is 5.65. The van der Waals surface area contributed by atoms with Crippen molar-refractivity contribution in [1.29, 1.82) is 0 Å². The standard InChI is InChI=1S/C22H28N6O3/c1-4-27-13-23-18-11-16(5-7-19(18)27)24-22(30)20-12-28(9-10-31-20)21(29)8-6-17-14(2)25-26-15(17)3/h5,7,11,13,20H,4,6,8-10,12H2,1-3H3,(H,24,30)(H,25,26). The minimum atomic E-state index is -0.695. The minimum absolute atomic E-state index is 0.0209. The predicted molar refractivity (Wildman–Crippen MR) is 117 cm³/mol. The molecule has 2 aromatic heterocycles. The zero-order valence-electron chi connectivity index (χ0n) is 18.1. The second kappa shape index (κ2) is 8.89. The van der Waals surface area contributed by atoms with Gasteiger partial charge in [0.05, 0.1) is 36.2 Å². The maximum atomic E-state index is 12.8. The van der Waals surface area contributed by atoms with Crippen molar-refractivity contribution in [3.8, 4) is 0 Å². The Kier molecular flexibility index (Phi) is 6.03. The molecule has 1 saturated heterocycles. The van der Waals surface area contributed by atoms with Crippen LogP contribution in [0.1, 0.15) is 30.3 Å².